The van der Waals surface area contributed by atoms with Crippen LogP contribution in [0.15, 0.2) is 48.5 Å². The van der Waals surface area contributed by atoms with E-state index in [2.05, 4.69) is 15.3 Å². The standard InChI is InChI=1S/C27H30ClN5O4S/c1-27(2,35)37-20-11-16(13-34)10-19(20)30-24-22(23(28)32-26(29)33-24)25-31-18-9-8-17(12-21(18)38-25)36-14-15-6-4-3-5-7-15/h3-9,12,16,19-20,34-35H,10-11,13-14H2,1-2H3,(H3,29,30,32,33). The van der Waals surface area contributed by atoms with Gasteiger partial charge in [0.25, 0.3) is 0 Å². The first kappa shape index (κ1) is 26.6. The number of hydrogen-bond donors (Lipinski definition) is 4. The van der Waals surface area contributed by atoms with Gasteiger partial charge in [0.2, 0.25) is 5.95 Å². The fourth-order valence-electron chi connectivity index (χ4n) is 4.66. The summed E-state index contributed by atoms with van der Waals surface area (Å²) in [4.78, 5) is 13.4. The van der Waals surface area contributed by atoms with Crippen LogP contribution >= 0.6 is 22.9 Å². The number of fused-ring (bicyclic) bond motifs is 1. The summed E-state index contributed by atoms with van der Waals surface area (Å²) in [7, 11) is 0. The Kier molecular flexibility index (Phi) is 7.69. The molecule has 9 nitrogen and oxygen atoms in total. The number of aliphatic hydroxyl groups excluding tert-OH is 1. The van der Waals surface area contributed by atoms with Crippen molar-refractivity contribution in [2.45, 2.75) is 51.2 Å². The lowest BCUT2D eigenvalue weighted by Crippen LogP contribution is -2.38. The van der Waals surface area contributed by atoms with E-state index in [4.69, 9.17) is 31.8 Å². The fourth-order valence-corrected chi connectivity index (χ4v) is 6.03. The van der Waals surface area contributed by atoms with E-state index in [0.717, 1.165) is 21.5 Å². The van der Waals surface area contributed by atoms with Gasteiger partial charge in [0, 0.05) is 6.61 Å². The minimum atomic E-state index is -1.33. The van der Waals surface area contributed by atoms with Crippen molar-refractivity contribution in [3.8, 4) is 16.3 Å². The maximum Gasteiger partial charge on any atom is 0.223 e. The molecule has 2 heterocycles. The van der Waals surface area contributed by atoms with Crippen molar-refractivity contribution in [3.05, 3.63) is 59.2 Å². The molecule has 0 spiro atoms. The number of thiazole rings is 1. The Bertz CT molecular complexity index is 1410. The largest absolute Gasteiger partial charge is 0.489 e. The van der Waals surface area contributed by atoms with Crippen molar-refractivity contribution in [2.75, 3.05) is 17.7 Å². The van der Waals surface area contributed by atoms with Crippen molar-refractivity contribution < 1.29 is 19.7 Å². The Morgan fingerprint density at radius 2 is 1.92 bits per heavy atom. The molecule has 5 N–H and O–H groups in total. The lowest BCUT2D eigenvalue weighted by atomic mass is 10.1. The molecular formula is C27H30ClN5O4S. The number of nitrogens with one attached hydrogen (secondary N) is 1. The molecule has 11 heteroatoms. The van der Waals surface area contributed by atoms with Crippen LogP contribution in [0.5, 0.6) is 5.75 Å². The average molecular weight is 556 g/mol. The van der Waals surface area contributed by atoms with Crippen molar-refractivity contribution in [2.24, 2.45) is 5.92 Å². The predicted molar refractivity (Wildman–Crippen MR) is 149 cm³/mol. The van der Waals surface area contributed by atoms with Gasteiger partial charge >= 0.3 is 0 Å². The van der Waals surface area contributed by atoms with Crippen LogP contribution in [-0.4, -0.2) is 49.7 Å². The molecule has 3 unspecified atom stereocenters. The smallest absolute Gasteiger partial charge is 0.223 e. The molecule has 0 aliphatic heterocycles. The van der Waals surface area contributed by atoms with E-state index in [1.807, 2.05) is 48.5 Å². The van der Waals surface area contributed by atoms with Gasteiger partial charge in [0.1, 0.15) is 28.3 Å². The summed E-state index contributed by atoms with van der Waals surface area (Å²) in [6.07, 6.45) is 0.865. The Morgan fingerprint density at radius 3 is 2.66 bits per heavy atom. The number of rotatable bonds is 9. The van der Waals surface area contributed by atoms with Crippen LogP contribution in [0.25, 0.3) is 20.8 Å². The predicted octanol–water partition coefficient (Wildman–Crippen LogP) is 4.86. The molecule has 38 heavy (non-hydrogen) atoms. The number of hydrogen-bond acceptors (Lipinski definition) is 10. The van der Waals surface area contributed by atoms with E-state index >= 15 is 0 Å². The summed E-state index contributed by atoms with van der Waals surface area (Å²) in [6, 6.07) is 15.5. The second-order valence-electron chi connectivity index (χ2n) is 9.89. The fraction of sp³-hybridized carbons (Fsp3) is 0.370. The van der Waals surface area contributed by atoms with Crippen LogP contribution in [0.4, 0.5) is 11.8 Å². The quantitative estimate of drug-likeness (QED) is 0.168. The lowest BCUT2D eigenvalue weighted by molar-refractivity contribution is -0.205. The number of aliphatic hydroxyl groups is 2. The maximum atomic E-state index is 10.2. The Hall–Kier alpha value is -3.02. The van der Waals surface area contributed by atoms with Gasteiger partial charge in [0.05, 0.1) is 27.9 Å². The van der Waals surface area contributed by atoms with Gasteiger partial charge in [-0.2, -0.15) is 4.98 Å². The second-order valence-corrected chi connectivity index (χ2v) is 11.3. The number of nitrogen functional groups attached to an aromatic ring is 1. The summed E-state index contributed by atoms with van der Waals surface area (Å²) in [6.45, 7) is 3.66. The monoisotopic (exact) mass is 555 g/mol. The molecule has 1 saturated carbocycles. The summed E-state index contributed by atoms with van der Waals surface area (Å²) in [5.41, 5.74) is 8.36. The number of halogens is 1. The van der Waals surface area contributed by atoms with Crippen molar-refractivity contribution >= 4 is 44.9 Å². The van der Waals surface area contributed by atoms with E-state index in [0.29, 0.717) is 35.8 Å². The zero-order valence-corrected chi connectivity index (χ0v) is 22.7. The highest BCUT2D eigenvalue weighted by molar-refractivity contribution is 7.21. The molecule has 2 aromatic carbocycles. The number of anilines is 2. The molecule has 0 saturated heterocycles. The van der Waals surface area contributed by atoms with E-state index < -0.39 is 5.79 Å². The summed E-state index contributed by atoms with van der Waals surface area (Å²) in [5, 5.41) is 24.2. The molecule has 1 aliphatic carbocycles. The van der Waals surface area contributed by atoms with Crippen LogP contribution < -0.4 is 15.8 Å². The molecule has 0 amide bonds. The van der Waals surface area contributed by atoms with Crippen LogP contribution in [0, 0.1) is 5.92 Å². The van der Waals surface area contributed by atoms with E-state index in [1.54, 1.807) is 13.8 Å². The summed E-state index contributed by atoms with van der Waals surface area (Å²) >= 11 is 8.04. The molecular weight excluding hydrogens is 526 g/mol. The van der Waals surface area contributed by atoms with Gasteiger partial charge in [-0.05, 0) is 56.4 Å². The third kappa shape index (κ3) is 6.16. The molecule has 1 fully saturated rings. The zero-order chi connectivity index (χ0) is 26.9. The first-order chi connectivity index (χ1) is 18.2. The molecule has 4 aromatic rings. The number of benzene rings is 2. The Morgan fingerprint density at radius 1 is 1.13 bits per heavy atom. The third-order valence-electron chi connectivity index (χ3n) is 6.33. The molecule has 0 radical (unpaired) electrons. The van der Waals surface area contributed by atoms with Crippen molar-refractivity contribution in [1.29, 1.82) is 0 Å². The molecule has 2 aromatic heterocycles. The first-order valence-corrected chi connectivity index (χ1v) is 13.6. The molecule has 1 aliphatic rings. The summed E-state index contributed by atoms with van der Waals surface area (Å²) in [5.74, 6) is -0.115. The van der Waals surface area contributed by atoms with E-state index in [-0.39, 0.29) is 35.8 Å². The zero-order valence-electron chi connectivity index (χ0n) is 21.1. The van der Waals surface area contributed by atoms with E-state index in [9.17, 15) is 10.2 Å². The van der Waals surface area contributed by atoms with E-state index in [1.165, 1.54) is 11.3 Å². The minimum Gasteiger partial charge on any atom is -0.489 e. The lowest BCUT2D eigenvalue weighted by Gasteiger charge is -2.28. The summed E-state index contributed by atoms with van der Waals surface area (Å²) < 4.78 is 12.8. The minimum absolute atomic E-state index is 0.0229. The van der Waals surface area contributed by atoms with Gasteiger partial charge in [-0.25, -0.2) is 9.97 Å². The van der Waals surface area contributed by atoms with Gasteiger partial charge < -0.3 is 30.7 Å². The number of nitrogens with two attached hydrogens (primary N) is 1. The maximum absolute atomic E-state index is 10.2. The van der Waals surface area contributed by atoms with Gasteiger partial charge in [0.15, 0.2) is 5.79 Å². The van der Waals surface area contributed by atoms with Crippen LogP contribution in [0.2, 0.25) is 5.15 Å². The highest BCUT2D eigenvalue weighted by Gasteiger charge is 2.38. The van der Waals surface area contributed by atoms with Gasteiger partial charge in [-0.3, -0.25) is 0 Å². The first-order valence-electron chi connectivity index (χ1n) is 12.4. The molecule has 5 rings (SSSR count). The SMILES string of the molecule is CC(C)(O)OC1CC(CO)CC1Nc1nc(N)nc(Cl)c1-c1nc2ccc(OCc3ccccc3)cc2s1. The van der Waals surface area contributed by atoms with Crippen molar-refractivity contribution in [3.63, 3.8) is 0 Å². The third-order valence-corrected chi connectivity index (χ3v) is 7.64. The number of nitrogens with zero attached hydrogens (tertiary/aromatic N) is 3. The van der Waals surface area contributed by atoms with Crippen LogP contribution in [-0.2, 0) is 11.3 Å². The Balaban J connectivity index is 1.43. The average Bonchev–Trinajstić information content (AvgIpc) is 3.45. The van der Waals surface area contributed by atoms with Gasteiger partial charge in [-0.1, -0.05) is 41.9 Å². The Labute approximate surface area is 229 Å². The topological polar surface area (TPSA) is 136 Å². The number of ether oxygens (including phenoxy) is 2. The highest BCUT2D eigenvalue weighted by Crippen LogP contribution is 2.41. The highest BCUT2D eigenvalue weighted by atomic mass is 35.5. The number of aromatic nitrogens is 3. The van der Waals surface area contributed by atoms with Crippen molar-refractivity contribution in [1.82, 2.24) is 15.0 Å². The van der Waals surface area contributed by atoms with Crippen LogP contribution in [0.1, 0.15) is 32.3 Å². The van der Waals surface area contributed by atoms with Crippen LogP contribution in [0.3, 0.4) is 0 Å². The second kappa shape index (κ2) is 11.0. The molecule has 200 valence electrons. The molecule has 3 atom stereocenters. The van der Waals surface area contributed by atoms with Gasteiger partial charge in [-0.15, -0.1) is 11.3 Å². The molecule has 0 bridgehead atoms. The normalized spacial score (nSPS) is 19.7.